The molecule has 1 rings (SSSR count). The van der Waals surface area contributed by atoms with E-state index in [-0.39, 0.29) is 17.0 Å². The molecule has 13 heavy (non-hydrogen) atoms. The SMILES string of the molecule is COCCc1nc(O)c(C)c(=O)[nH]1. The van der Waals surface area contributed by atoms with Crippen LogP contribution in [0.5, 0.6) is 5.88 Å². The topological polar surface area (TPSA) is 75.2 Å². The molecule has 1 aromatic rings. The van der Waals surface area contributed by atoms with Crippen LogP contribution < -0.4 is 5.56 Å². The molecular formula is C8H12N2O3. The van der Waals surface area contributed by atoms with E-state index < -0.39 is 0 Å². The van der Waals surface area contributed by atoms with Crippen molar-refractivity contribution in [1.29, 1.82) is 0 Å². The molecule has 0 fully saturated rings. The monoisotopic (exact) mass is 184 g/mol. The Morgan fingerprint density at radius 1 is 1.62 bits per heavy atom. The molecule has 2 N–H and O–H groups in total. The maximum Gasteiger partial charge on any atom is 0.257 e. The molecule has 0 aliphatic heterocycles. The summed E-state index contributed by atoms with van der Waals surface area (Å²) < 4.78 is 4.81. The molecule has 0 spiro atoms. The number of hydrogen-bond donors (Lipinski definition) is 2. The van der Waals surface area contributed by atoms with E-state index in [2.05, 4.69) is 9.97 Å². The number of H-pyrrole nitrogens is 1. The number of ether oxygens (including phenoxy) is 1. The Kier molecular flexibility index (Phi) is 3.02. The highest BCUT2D eigenvalue weighted by Gasteiger charge is 2.04. The third kappa shape index (κ3) is 2.29. The zero-order valence-electron chi connectivity index (χ0n) is 7.63. The maximum atomic E-state index is 11.1. The van der Waals surface area contributed by atoms with Gasteiger partial charge >= 0.3 is 0 Å². The average Bonchev–Trinajstić information content (AvgIpc) is 2.10. The van der Waals surface area contributed by atoms with Crippen molar-refractivity contribution in [1.82, 2.24) is 9.97 Å². The molecule has 0 amide bonds. The number of aromatic amines is 1. The van der Waals surface area contributed by atoms with Crippen LogP contribution in [0.1, 0.15) is 11.4 Å². The average molecular weight is 184 g/mol. The minimum Gasteiger partial charge on any atom is -0.493 e. The predicted molar refractivity (Wildman–Crippen MR) is 46.8 cm³/mol. The minimum absolute atomic E-state index is 0.213. The maximum absolute atomic E-state index is 11.1. The number of rotatable bonds is 3. The van der Waals surface area contributed by atoms with Gasteiger partial charge in [0.1, 0.15) is 5.82 Å². The normalized spacial score (nSPS) is 10.3. The third-order valence-corrected chi connectivity index (χ3v) is 1.72. The van der Waals surface area contributed by atoms with Gasteiger partial charge < -0.3 is 14.8 Å². The molecule has 72 valence electrons. The van der Waals surface area contributed by atoms with Gasteiger partial charge in [-0.2, -0.15) is 4.98 Å². The molecule has 0 saturated heterocycles. The van der Waals surface area contributed by atoms with Crippen LogP contribution in [0, 0.1) is 6.92 Å². The van der Waals surface area contributed by atoms with Crippen molar-refractivity contribution in [2.24, 2.45) is 0 Å². The fourth-order valence-corrected chi connectivity index (χ4v) is 0.883. The van der Waals surface area contributed by atoms with Gasteiger partial charge in [0, 0.05) is 13.5 Å². The molecule has 1 aromatic heterocycles. The molecule has 5 heteroatoms. The van der Waals surface area contributed by atoms with Crippen LogP contribution in [0.2, 0.25) is 0 Å². The number of hydrogen-bond acceptors (Lipinski definition) is 4. The molecular weight excluding hydrogens is 172 g/mol. The van der Waals surface area contributed by atoms with Crippen molar-refractivity contribution in [3.05, 3.63) is 21.7 Å². The Morgan fingerprint density at radius 2 is 2.31 bits per heavy atom. The summed E-state index contributed by atoms with van der Waals surface area (Å²) in [4.78, 5) is 17.5. The second-order valence-electron chi connectivity index (χ2n) is 2.70. The second kappa shape index (κ2) is 4.04. The Hall–Kier alpha value is -1.36. The van der Waals surface area contributed by atoms with E-state index in [1.54, 1.807) is 7.11 Å². The van der Waals surface area contributed by atoms with Crippen LogP contribution in [0.3, 0.4) is 0 Å². The summed E-state index contributed by atoms with van der Waals surface area (Å²) in [6.45, 7) is 1.98. The fourth-order valence-electron chi connectivity index (χ4n) is 0.883. The van der Waals surface area contributed by atoms with Crippen molar-refractivity contribution < 1.29 is 9.84 Å². The number of nitrogens with one attached hydrogen (secondary N) is 1. The molecule has 0 aromatic carbocycles. The first-order valence-corrected chi connectivity index (χ1v) is 3.93. The lowest BCUT2D eigenvalue weighted by Gasteiger charge is -2.01. The van der Waals surface area contributed by atoms with Gasteiger partial charge in [-0.3, -0.25) is 4.79 Å². The van der Waals surface area contributed by atoms with Gasteiger partial charge in [-0.05, 0) is 6.92 Å². The van der Waals surface area contributed by atoms with Crippen LogP contribution in [0.4, 0.5) is 0 Å². The molecule has 0 bridgehead atoms. The zero-order chi connectivity index (χ0) is 9.84. The van der Waals surface area contributed by atoms with E-state index in [1.165, 1.54) is 6.92 Å². The van der Waals surface area contributed by atoms with Crippen LogP contribution in [0.25, 0.3) is 0 Å². The summed E-state index contributed by atoms with van der Waals surface area (Å²) in [6.07, 6.45) is 0.486. The van der Waals surface area contributed by atoms with Gasteiger partial charge in [-0.1, -0.05) is 0 Å². The Balaban J connectivity index is 2.93. The van der Waals surface area contributed by atoms with E-state index in [0.29, 0.717) is 18.9 Å². The fraction of sp³-hybridized carbons (Fsp3) is 0.500. The number of aromatic nitrogens is 2. The van der Waals surface area contributed by atoms with Gasteiger partial charge in [0.25, 0.3) is 5.56 Å². The molecule has 0 aliphatic rings. The van der Waals surface area contributed by atoms with Gasteiger partial charge in [0.05, 0.1) is 12.2 Å². The highest BCUT2D eigenvalue weighted by molar-refractivity contribution is 5.20. The van der Waals surface area contributed by atoms with Gasteiger partial charge in [0.2, 0.25) is 5.88 Å². The number of methoxy groups -OCH3 is 1. The summed E-state index contributed by atoms with van der Waals surface area (Å²) in [6, 6.07) is 0. The number of nitrogens with zero attached hydrogens (tertiary/aromatic N) is 1. The summed E-state index contributed by atoms with van der Waals surface area (Å²) in [7, 11) is 1.56. The van der Waals surface area contributed by atoms with Crippen molar-refractivity contribution in [3.8, 4) is 5.88 Å². The summed E-state index contributed by atoms with van der Waals surface area (Å²) in [5.41, 5.74) is -0.0697. The Labute approximate surface area is 75.4 Å². The summed E-state index contributed by atoms with van der Waals surface area (Å²) in [5.74, 6) is 0.227. The second-order valence-corrected chi connectivity index (χ2v) is 2.70. The van der Waals surface area contributed by atoms with Crippen LogP contribution in [-0.4, -0.2) is 28.8 Å². The van der Waals surface area contributed by atoms with Crippen molar-refractivity contribution in [3.63, 3.8) is 0 Å². The van der Waals surface area contributed by atoms with E-state index in [0.717, 1.165) is 0 Å². The lowest BCUT2D eigenvalue weighted by molar-refractivity contribution is 0.200. The first-order valence-electron chi connectivity index (χ1n) is 3.93. The lowest BCUT2D eigenvalue weighted by Crippen LogP contribution is -2.15. The molecule has 0 aliphatic carbocycles. The largest absolute Gasteiger partial charge is 0.493 e. The first-order chi connectivity index (χ1) is 6.15. The minimum atomic E-state index is -0.307. The van der Waals surface area contributed by atoms with Crippen molar-refractivity contribution in [2.75, 3.05) is 13.7 Å². The van der Waals surface area contributed by atoms with E-state index in [1.807, 2.05) is 0 Å². The van der Waals surface area contributed by atoms with E-state index in [4.69, 9.17) is 4.74 Å². The third-order valence-electron chi connectivity index (χ3n) is 1.72. The number of aromatic hydroxyl groups is 1. The lowest BCUT2D eigenvalue weighted by atomic mass is 10.3. The molecule has 0 radical (unpaired) electrons. The van der Waals surface area contributed by atoms with Gasteiger partial charge in [-0.25, -0.2) is 0 Å². The molecule has 1 heterocycles. The molecule has 0 saturated carbocycles. The van der Waals surface area contributed by atoms with Crippen LogP contribution in [0.15, 0.2) is 4.79 Å². The standard InChI is InChI=1S/C8H12N2O3/c1-5-7(11)9-6(3-4-13-2)10-8(5)12/h3-4H2,1-2H3,(H2,9,10,11,12). The zero-order valence-corrected chi connectivity index (χ0v) is 7.63. The molecule has 0 atom stereocenters. The molecule has 0 unspecified atom stereocenters. The quantitative estimate of drug-likeness (QED) is 0.691. The van der Waals surface area contributed by atoms with Gasteiger partial charge in [-0.15, -0.1) is 0 Å². The van der Waals surface area contributed by atoms with Gasteiger partial charge in [0.15, 0.2) is 0 Å². The van der Waals surface area contributed by atoms with E-state index in [9.17, 15) is 9.90 Å². The summed E-state index contributed by atoms with van der Waals surface area (Å²) >= 11 is 0. The predicted octanol–water partition coefficient (Wildman–Crippen LogP) is -0.0272. The highest BCUT2D eigenvalue weighted by Crippen LogP contribution is 2.05. The Morgan fingerprint density at radius 3 is 2.85 bits per heavy atom. The first kappa shape index (κ1) is 9.73. The van der Waals surface area contributed by atoms with Crippen molar-refractivity contribution in [2.45, 2.75) is 13.3 Å². The smallest absolute Gasteiger partial charge is 0.257 e. The van der Waals surface area contributed by atoms with Crippen LogP contribution in [-0.2, 0) is 11.2 Å². The van der Waals surface area contributed by atoms with Crippen LogP contribution >= 0.6 is 0 Å². The Bertz CT molecular complexity index is 346. The van der Waals surface area contributed by atoms with Crippen molar-refractivity contribution >= 4 is 0 Å². The highest BCUT2D eigenvalue weighted by atomic mass is 16.5. The molecule has 5 nitrogen and oxygen atoms in total. The summed E-state index contributed by atoms with van der Waals surface area (Å²) in [5, 5.41) is 9.21. The van der Waals surface area contributed by atoms with E-state index >= 15 is 0 Å².